The molecule has 0 atom stereocenters. The van der Waals surface area contributed by atoms with Crippen LogP contribution < -0.4 is 5.73 Å². The first-order chi connectivity index (χ1) is 11.8. The van der Waals surface area contributed by atoms with Gasteiger partial charge in [0.05, 0.1) is 11.9 Å². The van der Waals surface area contributed by atoms with E-state index in [1.807, 2.05) is 6.20 Å². The van der Waals surface area contributed by atoms with Crippen molar-refractivity contribution in [1.29, 1.82) is 0 Å². The lowest BCUT2D eigenvalue weighted by atomic mass is 10.0. The van der Waals surface area contributed by atoms with Crippen LogP contribution in [0, 0.1) is 0 Å². The topological polar surface area (TPSA) is 43.8 Å². The zero-order valence-corrected chi connectivity index (χ0v) is 14.5. The number of nitrogens with two attached hydrogens (primary N) is 1. The van der Waals surface area contributed by atoms with Crippen LogP contribution in [-0.2, 0) is 6.54 Å². The molecule has 0 aliphatic carbocycles. The highest BCUT2D eigenvalue weighted by Crippen LogP contribution is 2.30. The maximum absolute atomic E-state index is 6.14. The molecule has 0 spiro atoms. The van der Waals surface area contributed by atoms with Crippen molar-refractivity contribution in [1.82, 2.24) is 9.55 Å². The zero-order valence-electron chi connectivity index (χ0n) is 14.5. The van der Waals surface area contributed by atoms with E-state index in [2.05, 4.69) is 58.9 Å². The molecule has 0 saturated carbocycles. The molecule has 1 heterocycles. The quantitative estimate of drug-likeness (QED) is 0.545. The van der Waals surface area contributed by atoms with E-state index in [1.54, 1.807) is 0 Å². The van der Waals surface area contributed by atoms with Crippen molar-refractivity contribution in [3.05, 3.63) is 48.7 Å². The van der Waals surface area contributed by atoms with E-state index < -0.39 is 0 Å². The van der Waals surface area contributed by atoms with Crippen molar-refractivity contribution in [2.24, 2.45) is 0 Å². The molecule has 1 aromatic heterocycles. The van der Waals surface area contributed by atoms with Gasteiger partial charge in [-0.2, -0.15) is 0 Å². The number of nitrogens with zero attached hydrogens (tertiary/aromatic N) is 2. The van der Waals surface area contributed by atoms with Gasteiger partial charge in [-0.25, -0.2) is 4.98 Å². The molecule has 2 aromatic carbocycles. The summed E-state index contributed by atoms with van der Waals surface area (Å²) in [5, 5.41) is 2.50. The molecule has 0 amide bonds. The summed E-state index contributed by atoms with van der Waals surface area (Å²) in [6.07, 6.45) is 9.61. The van der Waals surface area contributed by atoms with Crippen molar-refractivity contribution >= 4 is 16.7 Å². The van der Waals surface area contributed by atoms with E-state index >= 15 is 0 Å². The highest BCUT2D eigenvalue weighted by Gasteiger charge is 2.11. The second-order valence-corrected chi connectivity index (χ2v) is 6.45. The molecule has 3 heteroatoms. The smallest absolute Gasteiger partial charge is 0.200 e. The van der Waals surface area contributed by atoms with Crippen LogP contribution in [0.25, 0.3) is 22.0 Å². The monoisotopic (exact) mass is 321 g/mol. The predicted octanol–water partition coefficient (Wildman–Crippen LogP) is 5.65. The largest absolute Gasteiger partial charge is 0.369 e. The van der Waals surface area contributed by atoms with Gasteiger partial charge >= 0.3 is 0 Å². The van der Waals surface area contributed by atoms with Crippen molar-refractivity contribution in [2.75, 3.05) is 5.73 Å². The zero-order chi connectivity index (χ0) is 16.8. The molecule has 3 nitrogen and oxygen atoms in total. The summed E-state index contributed by atoms with van der Waals surface area (Å²) in [5.41, 5.74) is 8.47. The van der Waals surface area contributed by atoms with Gasteiger partial charge in [-0.3, -0.25) is 0 Å². The fourth-order valence-corrected chi connectivity index (χ4v) is 3.34. The molecule has 0 bridgehead atoms. The van der Waals surface area contributed by atoms with E-state index in [4.69, 9.17) is 5.73 Å². The summed E-state index contributed by atoms with van der Waals surface area (Å²) in [5.74, 6) is 0.617. The Morgan fingerprint density at radius 3 is 2.54 bits per heavy atom. The molecule has 0 aliphatic heterocycles. The SMILES string of the molecule is CCCCCCCCn1c(-c2cccc3ccccc23)cnc1N. The standard InChI is InChI=1S/C21H27N3/c1-2-3-4-5-6-9-15-24-20(16-23-21(24)22)19-14-10-12-17-11-7-8-13-18(17)19/h7-8,10-14,16H,2-6,9,15H2,1H3,(H2,22,23). The molecule has 0 radical (unpaired) electrons. The van der Waals surface area contributed by atoms with E-state index in [9.17, 15) is 0 Å². The first-order valence-corrected chi connectivity index (χ1v) is 9.10. The van der Waals surface area contributed by atoms with Crippen LogP contribution >= 0.6 is 0 Å². The van der Waals surface area contributed by atoms with Crippen LogP contribution in [0.4, 0.5) is 5.95 Å². The maximum Gasteiger partial charge on any atom is 0.200 e. The van der Waals surface area contributed by atoms with Crippen molar-refractivity contribution < 1.29 is 0 Å². The van der Waals surface area contributed by atoms with E-state index in [0.29, 0.717) is 5.95 Å². The third-order valence-electron chi connectivity index (χ3n) is 4.69. The Kier molecular flexibility index (Phi) is 5.52. The molecule has 0 saturated heterocycles. The van der Waals surface area contributed by atoms with Crippen LogP contribution in [0.15, 0.2) is 48.7 Å². The van der Waals surface area contributed by atoms with Crippen molar-refractivity contribution in [3.8, 4) is 11.3 Å². The van der Waals surface area contributed by atoms with Gasteiger partial charge in [0.1, 0.15) is 0 Å². The first kappa shape index (κ1) is 16.6. The summed E-state index contributed by atoms with van der Waals surface area (Å²) in [6, 6.07) is 14.9. The highest BCUT2D eigenvalue weighted by atomic mass is 15.1. The van der Waals surface area contributed by atoms with Gasteiger partial charge < -0.3 is 10.3 Å². The average molecular weight is 321 g/mol. The van der Waals surface area contributed by atoms with Gasteiger partial charge in [-0.05, 0) is 17.2 Å². The van der Waals surface area contributed by atoms with Gasteiger partial charge in [-0.15, -0.1) is 0 Å². The third kappa shape index (κ3) is 3.61. The number of fused-ring (bicyclic) bond motifs is 1. The molecule has 0 unspecified atom stereocenters. The fourth-order valence-electron chi connectivity index (χ4n) is 3.34. The Balaban J connectivity index is 1.79. The van der Waals surface area contributed by atoms with Crippen molar-refractivity contribution in [2.45, 2.75) is 52.0 Å². The van der Waals surface area contributed by atoms with Crippen LogP contribution in [0.5, 0.6) is 0 Å². The minimum atomic E-state index is 0.617. The highest BCUT2D eigenvalue weighted by molar-refractivity contribution is 5.95. The molecule has 2 N–H and O–H groups in total. The predicted molar refractivity (Wildman–Crippen MR) is 103 cm³/mol. The Morgan fingerprint density at radius 2 is 1.67 bits per heavy atom. The van der Waals surface area contributed by atoms with Crippen LogP contribution in [0.1, 0.15) is 45.4 Å². The number of imidazole rings is 1. The van der Waals surface area contributed by atoms with Gasteiger partial charge in [0.25, 0.3) is 0 Å². The number of nitrogen functional groups attached to an aromatic ring is 1. The Labute approximate surface area is 144 Å². The molecule has 0 fully saturated rings. The normalized spacial score (nSPS) is 11.2. The Bertz CT molecular complexity index is 783. The van der Waals surface area contributed by atoms with E-state index in [0.717, 1.165) is 18.7 Å². The van der Waals surface area contributed by atoms with Crippen LogP contribution in [0.2, 0.25) is 0 Å². The summed E-state index contributed by atoms with van der Waals surface area (Å²) >= 11 is 0. The molecule has 24 heavy (non-hydrogen) atoms. The van der Waals surface area contributed by atoms with Crippen molar-refractivity contribution in [3.63, 3.8) is 0 Å². The average Bonchev–Trinajstić information content (AvgIpc) is 2.98. The third-order valence-corrected chi connectivity index (χ3v) is 4.69. The lowest BCUT2D eigenvalue weighted by Crippen LogP contribution is -2.05. The van der Waals surface area contributed by atoms with Gasteiger partial charge in [0.2, 0.25) is 5.95 Å². The molecular formula is C21H27N3. The summed E-state index contributed by atoms with van der Waals surface area (Å²) in [6.45, 7) is 3.19. The number of aromatic nitrogens is 2. The summed E-state index contributed by atoms with van der Waals surface area (Å²) in [7, 11) is 0. The molecule has 3 rings (SSSR count). The number of rotatable bonds is 8. The molecular weight excluding hydrogens is 294 g/mol. The minimum Gasteiger partial charge on any atom is -0.369 e. The summed E-state index contributed by atoms with van der Waals surface area (Å²) in [4.78, 5) is 4.37. The molecule has 126 valence electrons. The number of hydrogen-bond donors (Lipinski definition) is 1. The minimum absolute atomic E-state index is 0.617. The lowest BCUT2D eigenvalue weighted by molar-refractivity contribution is 0.563. The second kappa shape index (κ2) is 8.00. The van der Waals surface area contributed by atoms with Gasteiger partial charge in [-0.1, -0.05) is 81.5 Å². The van der Waals surface area contributed by atoms with Crippen LogP contribution in [0.3, 0.4) is 0 Å². The van der Waals surface area contributed by atoms with E-state index in [-0.39, 0.29) is 0 Å². The molecule has 0 aliphatic rings. The number of anilines is 1. The number of unbranched alkanes of at least 4 members (excludes halogenated alkanes) is 5. The van der Waals surface area contributed by atoms with Crippen LogP contribution in [-0.4, -0.2) is 9.55 Å². The number of benzene rings is 2. The number of hydrogen-bond acceptors (Lipinski definition) is 2. The Hall–Kier alpha value is -2.29. The summed E-state index contributed by atoms with van der Waals surface area (Å²) < 4.78 is 2.17. The first-order valence-electron chi connectivity index (χ1n) is 9.10. The van der Waals surface area contributed by atoms with Gasteiger partial charge in [0.15, 0.2) is 0 Å². The maximum atomic E-state index is 6.14. The second-order valence-electron chi connectivity index (χ2n) is 6.45. The van der Waals surface area contributed by atoms with E-state index in [1.165, 1.54) is 48.4 Å². The lowest BCUT2D eigenvalue weighted by Gasteiger charge is -2.12. The van der Waals surface area contributed by atoms with Gasteiger partial charge in [0, 0.05) is 12.1 Å². The Morgan fingerprint density at radius 1 is 0.917 bits per heavy atom. The molecule has 3 aromatic rings. The fraction of sp³-hybridized carbons (Fsp3) is 0.381.